The zero-order valence-corrected chi connectivity index (χ0v) is 21.7. The number of halogens is 1. The molecule has 0 saturated carbocycles. The quantitative estimate of drug-likeness (QED) is 0.165. The number of thioether (sulfide) groups is 1. The molecule has 36 heavy (non-hydrogen) atoms. The van der Waals surface area contributed by atoms with E-state index in [0.717, 1.165) is 30.9 Å². The summed E-state index contributed by atoms with van der Waals surface area (Å²) in [7, 11) is 2.00. The van der Waals surface area contributed by atoms with Gasteiger partial charge in [0.15, 0.2) is 5.16 Å². The molecule has 182 valence electrons. The highest BCUT2D eigenvalue weighted by atomic mass is 35.5. The average Bonchev–Trinajstić information content (AvgIpc) is 2.92. The number of anilines is 1. The predicted molar refractivity (Wildman–Crippen MR) is 146 cm³/mol. The van der Waals surface area contributed by atoms with Crippen molar-refractivity contribution < 1.29 is 4.79 Å². The summed E-state index contributed by atoms with van der Waals surface area (Å²) in [5, 5.41) is 1.05. The van der Waals surface area contributed by atoms with Gasteiger partial charge in [-0.3, -0.25) is 4.79 Å². The summed E-state index contributed by atoms with van der Waals surface area (Å²) in [4.78, 5) is 26.1. The number of hydrogen-bond acceptors (Lipinski definition) is 5. The lowest BCUT2D eigenvalue weighted by atomic mass is 9.99. The fourth-order valence-electron chi connectivity index (χ4n) is 4.33. The third-order valence-corrected chi connectivity index (χ3v) is 7.41. The normalized spacial score (nSPS) is 12.8. The Bertz CT molecular complexity index is 1350. The molecule has 2 heterocycles. The van der Waals surface area contributed by atoms with Crippen LogP contribution in [0, 0.1) is 0 Å². The van der Waals surface area contributed by atoms with E-state index in [4.69, 9.17) is 16.6 Å². The van der Waals surface area contributed by atoms with Crippen molar-refractivity contribution in [1.29, 1.82) is 0 Å². The molecule has 7 heteroatoms. The van der Waals surface area contributed by atoms with E-state index >= 15 is 0 Å². The van der Waals surface area contributed by atoms with Gasteiger partial charge in [0, 0.05) is 44.1 Å². The van der Waals surface area contributed by atoms with Crippen LogP contribution < -0.4 is 4.90 Å². The van der Waals surface area contributed by atoms with Crippen LogP contribution in [0.2, 0.25) is 5.15 Å². The van der Waals surface area contributed by atoms with Gasteiger partial charge in [-0.25, -0.2) is 9.97 Å². The van der Waals surface area contributed by atoms with Gasteiger partial charge in [-0.15, -0.1) is 0 Å². The number of carbonyl (C=O) groups is 1. The Kier molecular flexibility index (Phi) is 7.54. The van der Waals surface area contributed by atoms with Gasteiger partial charge >= 0.3 is 0 Å². The molecule has 5 rings (SSSR count). The van der Waals surface area contributed by atoms with Crippen LogP contribution in [0.25, 0.3) is 0 Å². The molecule has 1 amide bonds. The summed E-state index contributed by atoms with van der Waals surface area (Å²) in [6.45, 7) is 2.15. The molecule has 1 aromatic heterocycles. The van der Waals surface area contributed by atoms with Crippen molar-refractivity contribution in [3.05, 3.63) is 118 Å². The molecule has 4 aromatic rings. The smallest absolute Gasteiger partial charge is 0.254 e. The minimum absolute atomic E-state index is 0.0768. The van der Waals surface area contributed by atoms with E-state index in [1.165, 1.54) is 28.5 Å². The van der Waals surface area contributed by atoms with E-state index < -0.39 is 0 Å². The summed E-state index contributed by atoms with van der Waals surface area (Å²) in [6, 6.07) is 28.2. The Morgan fingerprint density at radius 3 is 2.44 bits per heavy atom. The molecule has 0 bridgehead atoms. The number of carbonyl (C=O) groups excluding carboxylic acids is 1. The lowest BCUT2D eigenvalue weighted by molar-refractivity contribution is 0.0734. The molecule has 0 aliphatic carbocycles. The highest BCUT2D eigenvalue weighted by molar-refractivity contribution is 7.98. The van der Waals surface area contributed by atoms with Gasteiger partial charge in [0.05, 0.1) is 0 Å². The molecule has 5 nitrogen and oxygen atoms in total. The van der Waals surface area contributed by atoms with Crippen molar-refractivity contribution in [3.8, 4) is 0 Å². The largest absolute Gasteiger partial charge is 0.355 e. The van der Waals surface area contributed by atoms with Crippen LogP contribution in [0.3, 0.4) is 0 Å². The van der Waals surface area contributed by atoms with E-state index in [-0.39, 0.29) is 5.91 Å². The van der Waals surface area contributed by atoms with E-state index in [1.807, 2.05) is 60.5 Å². The number of nitrogens with zero attached hydrogens (tertiary/aromatic N) is 4. The minimum Gasteiger partial charge on any atom is -0.355 e. The zero-order valence-electron chi connectivity index (χ0n) is 20.1. The maximum absolute atomic E-state index is 13.1. The number of amides is 1. The maximum Gasteiger partial charge on any atom is 0.254 e. The second-order valence-electron chi connectivity index (χ2n) is 8.90. The maximum atomic E-state index is 13.1. The van der Waals surface area contributed by atoms with Crippen LogP contribution in [0.1, 0.15) is 32.6 Å². The molecule has 3 aromatic carbocycles. The monoisotopic (exact) mass is 514 g/mol. The van der Waals surface area contributed by atoms with Crippen molar-refractivity contribution in [2.24, 2.45) is 0 Å². The molecule has 1 aliphatic rings. The summed E-state index contributed by atoms with van der Waals surface area (Å²) in [5.41, 5.74) is 5.59. The standard InChI is InChI=1S/C29H27ClN4OS/c1-33(18-21-7-3-2-4-8-21)27-17-26(30)31-29(32-27)36-20-22-11-13-24(14-12-22)28(35)34-16-15-23-9-5-6-10-25(23)19-34/h2-14,17H,15-16,18-20H2,1H3. The van der Waals surface area contributed by atoms with Gasteiger partial charge in [-0.2, -0.15) is 0 Å². The van der Waals surface area contributed by atoms with Gasteiger partial charge in [-0.1, -0.05) is 90.1 Å². The SMILES string of the molecule is CN(Cc1ccccc1)c1cc(Cl)nc(SCc2ccc(C(=O)N3CCc4ccccc4C3)cc2)n1. The molecule has 0 unspecified atom stereocenters. The minimum atomic E-state index is 0.0768. The van der Waals surface area contributed by atoms with Crippen LogP contribution in [0.5, 0.6) is 0 Å². The summed E-state index contributed by atoms with van der Waals surface area (Å²) in [6.07, 6.45) is 0.902. The van der Waals surface area contributed by atoms with E-state index in [0.29, 0.717) is 28.2 Å². The van der Waals surface area contributed by atoms with Crippen LogP contribution in [-0.2, 0) is 25.3 Å². The molecule has 0 fully saturated rings. The molecule has 1 aliphatic heterocycles. The van der Waals surface area contributed by atoms with E-state index in [2.05, 4.69) is 40.2 Å². The van der Waals surface area contributed by atoms with Crippen molar-refractivity contribution in [3.63, 3.8) is 0 Å². The van der Waals surface area contributed by atoms with Crippen LogP contribution in [0.15, 0.2) is 90.1 Å². The molecular formula is C29H27ClN4OS. The lowest BCUT2D eigenvalue weighted by Gasteiger charge is -2.29. The highest BCUT2D eigenvalue weighted by Crippen LogP contribution is 2.26. The third-order valence-electron chi connectivity index (χ3n) is 6.30. The van der Waals surface area contributed by atoms with Crippen molar-refractivity contribution in [1.82, 2.24) is 14.9 Å². The number of fused-ring (bicyclic) bond motifs is 1. The van der Waals surface area contributed by atoms with Gasteiger partial charge < -0.3 is 9.80 Å². The molecule has 0 spiro atoms. The molecule has 0 N–H and O–H groups in total. The second-order valence-corrected chi connectivity index (χ2v) is 10.2. The number of hydrogen-bond donors (Lipinski definition) is 0. The van der Waals surface area contributed by atoms with Crippen molar-refractivity contribution >= 4 is 35.1 Å². The first-order valence-electron chi connectivity index (χ1n) is 11.9. The van der Waals surface area contributed by atoms with E-state index in [9.17, 15) is 4.79 Å². The first-order valence-corrected chi connectivity index (χ1v) is 13.3. The van der Waals surface area contributed by atoms with Gasteiger partial charge in [0.25, 0.3) is 5.91 Å². The molecule has 0 saturated heterocycles. The van der Waals surface area contributed by atoms with Crippen LogP contribution in [-0.4, -0.2) is 34.4 Å². The van der Waals surface area contributed by atoms with Gasteiger partial charge in [0.2, 0.25) is 0 Å². The molecule has 0 radical (unpaired) electrons. The number of rotatable bonds is 7. The van der Waals surface area contributed by atoms with Crippen LogP contribution >= 0.6 is 23.4 Å². The summed E-state index contributed by atoms with van der Waals surface area (Å²) in [5.74, 6) is 1.55. The second kappa shape index (κ2) is 11.1. The Balaban J connectivity index is 1.20. The summed E-state index contributed by atoms with van der Waals surface area (Å²) >= 11 is 7.84. The predicted octanol–water partition coefficient (Wildman–Crippen LogP) is 6.26. The Morgan fingerprint density at radius 1 is 0.944 bits per heavy atom. The molecular weight excluding hydrogens is 488 g/mol. The highest BCUT2D eigenvalue weighted by Gasteiger charge is 2.21. The fraction of sp³-hybridized carbons (Fsp3) is 0.207. The van der Waals surface area contributed by atoms with Gasteiger partial charge in [-0.05, 0) is 40.8 Å². The lowest BCUT2D eigenvalue weighted by Crippen LogP contribution is -2.35. The first-order chi connectivity index (χ1) is 17.5. The fourth-order valence-corrected chi connectivity index (χ4v) is 5.36. The van der Waals surface area contributed by atoms with Crippen molar-refractivity contribution in [2.45, 2.75) is 30.4 Å². The Hall–Kier alpha value is -3.35. The first kappa shape index (κ1) is 24.3. The number of benzene rings is 3. The Morgan fingerprint density at radius 2 is 1.67 bits per heavy atom. The average molecular weight is 515 g/mol. The van der Waals surface area contributed by atoms with E-state index in [1.54, 1.807) is 6.07 Å². The zero-order chi connectivity index (χ0) is 24.9. The Labute approximate surface area is 221 Å². The number of aromatic nitrogens is 2. The molecule has 0 atom stereocenters. The van der Waals surface area contributed by atoms with Crippen LogP contribution in [0.4, 0.5) is 5.82 Å². The summed E-state index contributed by atoms with van der Waals surface area (Å²) < 4.78 is 0. The third kappa shape index (κ3) is 5.89. The topological polar surface area (TPSA) is 49.3 Å². The van der Waals surface area contributed by atoms with Crippen molar-refractivity contribution in [2.75, 3.05) is 18.5 Å². The van der Waals surface area contributed by atoms with Gasteiger partial charge in [0.1, 0.15) is 11.0 Å².